The fraction of sp³-hybridized carbons (Fsp3) is 0.533. The van der Waals surface area contributed by atoms with Crippen molar-refractivity contribution < 1.29 is 9.53 Å². The van der Waals surface area contributed by atoms with Gasteiger partial charge in [-0.25, -0.2) is 0 Å². The van der Waals surface area contributed by atoms with Crippen molar-refractivity contribution in [3.63, 3.8) is 0 Å². The lowest BCUT2D eigenvalue weighted by molar-refractivity contribution is 0.0950. The molecule has 0 unspecified atom stereocenters. The third-order valence-corrected chi connectivity index (χ3v) is 2.97. The number of hydrogen-bond acceptors (Lipinski definition) is 3. The molecule has 4 nitrogen and oxygen atoms in total. The summed E-state index contributed by atoms with van der Waals surface area (Å²) in [5, 5.41) is 6.06. The predicted octanol–water partition coefficient (Wildman–Crippen LogP) is 1.60. The second-order valence-electron chi connectivity index (χ2n) is 4.47. The van der Waals surface area contributed by atoms with Crippen LogP contribution in [0.5, 0.6) is 0 Å². The molecule has 0 aromatic heterocycles. The predicted molar refractivity (Wildman–Crippen MR) is 77.5 cm³/mol. The van der Waals surface area contributed by atoms with Gasteiger partial charge in [-0.05, 0) is 44.5 Å². The Balaban J connectivity index is 2.46. The number of nitrogens with one attached hydrogen (secondary N) is 2. The molecule has 0 aliphatic carbocycles. The lowest BCUT2D eigenvalue weighted by Crippen LogP contribution is -2.26. The second-order valence-corrected chi connectivity index (χ2v) is 4.47. The Bertz CT molecular complexity index is 380. The topological polar surface area (TPSA) is 50.4 Å². The van der Waals surface area contributed by atoms with Crippen LogP contribution in [-0.2, 0) is 11.2 Å². The van der Waals surface area contributed by atoms with E-state index in [0.29, 0.717) is 6.54 Å². The molecular formula is C15H24N2O2. The zero-order chi connectivity index (χ0) is 13.9. The Morgan fingerprint density at radius 3 is 2.74 bits per heavy atom. The second kappa shape index (κ2) is 9.53. The molecule has 4 heteroatoms. The van der Waals surface area contributed by atoms with Crippen LogP contribution in [0.1, 0.15) is 28.8 Å². The van der Waals surface area contributed by atoms with E-state index in [1.165, 1.54) is 0 Å². The van der Waals surface area contributed by atoms with E-state index in [0.717, 1.165) is 43.5 Å². The van der Waals surface area contributed by atoms with Crippen LogP contribution >= 0.6 is 0 Å². The van der Waals surface area contributed by atoms with Crippen LogP contribution in [0.15, 0.2) is 24.3 Å². The molecule has 1 rings (SSSR count). The number of rotatable bonds is 9. The number of unbranched alkanes of at least 4 members (excludes halogenated alkanes) is 1. The molecule has 0 fully saturated rings. The lowest BCUT2D eigenvalue weighted by Gasteiger charge is -2.10. The average molecular weight is 264 g/mol. The molecule has 0 atom stereocenters. The van der Waals surface area contributed by atoms with Crippen molar-refractivity contribution in [2.45, 2.75) is 19.3 Å². The van der Waals surface area contributed by atoms with E-state index in [2.05, 4.69) is 10.6 Å². The minimum atomic E-state index is 0.0177. The van der Waals surface area contributed by atoms with Crippen molar-refractivity contribution in [3.05, 3.63) is 35.4 Å². The van der Waals surface area contributed by atoms with E-state index in [-0.39, 0.29) is 5.91 Å². The Morgan fingerprint density at radius 1 is 1.21 bits per heavy atom. The van der Waals surface area contributed by atoms with Crippen LogP contribution < -0.4 is 10.6 Å². The number of ether oxygens (including phenoxy) is 1. The van der Waals surface area contributed by atoms with Gasteiger partial charge in [-0.3, -0.25) is 4.79 Å². The summed E-state index contributed by atoms with van der Waals surface area (Å²) in [6.45, 7) is 2.31. The minimum Gasteiger partial charge on any atom is -0.385 e. The maximum Gasteiger partial charge on any atom is 0.251 e. The van der Waals surface area contributed by atoms with Gasteiger partial charge in [0.25, 0.3) is 5.91 Å². The van der Waals surface area contributed by atoms with Crippen LogP contribution in [0.3, 0.4) is 0 Å². The number of carbonyl (C=O) groups excluding carboxylic acids is 1. The van der Waals surface area contributed by atoms with E-state index >= 15 is 0 Å². The molecule has 1 aromatic carbocycles. The van der Waals surface area contributed by atoms with Crippen LogP contribution in [0, 0.1) is 0 Å². The molecule has 0 radical (unpaired) electrons. The molecule has 19 heavy (non-hydrogen) atoms. The molecule has 106 valence electrons. The van der Waals surface area contributed by atoms with Crippen molar-refractivity contribution in [2.75, 3.05) is 33.9 Å². The van der Waals surface area contributed by atoms with Crippen molar-refractivity contribution >= 4 is 5.91 Å². The normalized spacial score (nSPS) is 10.4. The standard InChI is InChI=1S/C15H24N2O2/c1-16-11-9-13-7-3-4-8-14(13)15(18)17-10-5-6-12-19-2/h3-4,7-8,16H,5-6,9-12H2,1-2H3,(H,17,18). The molecule has 0 aliphatic heterocycles. The third kappa shape index (κ3) is 5.85. The first-order chi connectivity index (χ1) is 9.29. The third-order valence-electron chi connectivity index (χ3n) is 2.97. The highest BCUT2D eigenvalue weighted by Gasteiger charge is 2.09. The van der Waals surface area contributed by atoms with Crippen LogP contribution in [0.25, 0.3) is 0 Å². The molecule has 0 aliphatic rings. The maximum absolute atomic E-state index is 12.1. The van der Waals surface area contributed by atoms with E-state index in [9.17, 15) is 4.79 Å². The molecule has 2 N–H and O–H groups in total. The zero-order valence-corrected chi connectivity index (χ0v) is 11.9. The van der Waals surface area contributed by atoms with Gasteiger partial charge < -0.3 is 15.4 Å². The monoisotopic (exact) mass is 264 g/mol. The highest BCUT2D eigenvalue weighted by molar-refractivity contribution is 5.95. The molecule has 0 saturated heterocycles. The van der Waals surface area contributed by atoms with Gasteiger partial charge in [0.2, 0.25) is 0 Å². The molecule has 0 saturated carbocycles. The average Bonchev–Trinajstić information content (AvgIpc) is 2.45. The van der Waals surface area contributed by atoms with Gasteiger partial charge in [0.15, 0.2) is 0 Å². The molecule has 1 aromatic rings. The molecule has 1 amide bonds. The van der Waals surface area contributed by atoms with E-state index in [1.54, 1.807) is 7.11 Å². The summed E-state index contributed by atoms with van der Waals surface area (Å²) in [5.74, 6) is 0.0177. The molecule has 0 heterocycles. The van der Waals surface area contributed by atoms with Gasteiger partial charge in [0, 0.05) is 25.8 Å². The fourth-order valence-electron chi connectivity index (χ4n) is 1.89. The summed E-state index contributed by atoms with van der Waals surface area (Å²) in [6.07, 6.45) is 2.78. The van der Waals surface area contributed by atoms with Crippen molar-refractivity contribution in [1.82, 2.24) is 10.6 Å². The first kappa shape index (κ1) is 15.7. The highest BCUT2D eigenvalue weighted by atomic mass is 16.5. The Labute approximate surface area is 115 Å². The number of amides is 1. The SMILES string of the molecule is CNCCc1ccccc1C(=O)NCCCCOC. The van der Waals surface area contributed by atoms with Gasteiger partial charge in [-0.2, -0.15) is 0 Å². The lowest BCUT2D eigenvalue weighted by atomic mass is 10.0. The number of hydrogen-bond donors (Lipinski definition) is 2. The van der Waals surface area contributed by atoms with Crippen LogP contribution in [0.4, 0.5) is 0 Å². The van der Waals surface area contributed by atoms with Gasteiger partial charge in [-0.1, -0.05) is 18.2 Å². The minimum absolute atomic E-state index is 0.0177. The van der Waals surface area contributed by atoms with Gasteiger partial charge in [0.05, 0.1) is 0 Å². The van der Waals surface area contributed by atoms with E-state index in [4.69, 9.17) is 4.74 Å². The quantitative estimate of drug-likeness (QED) is 0.666. The molecular weight excluding hydrogens is 240 g/mol. The van der Waals surface area contributed by atoms with E-state index < -0.39 is 0 Å². The Hall–Kier alpha value is -1.39. The summed E-state index contributed by atoms with van der Waals surface area (Å²) in [7, 11) is 3.61. The van der Waals surface area contributed by atoms with Crippen LogP contribution in [0.2, 0.25) is 0 Å². The van der Waals surface area contributed by atoms with Gasteiger partial charge in [0.1, 0.15) is 0 Å². The smallest absolute Gasteiger partial charge is 0.251 e. The maximum atomic E-state index is 12.1. The Kier molecular flexibility index (Phi) is 7.86. The summed E-state index contributed by atoms with van der Waals surface area (Å²) in [5.41, 5.74) is 1.87. The number of methoxy groups -OCH3 is 1. The largest absolute Gasteiger partial charge is 0.385 e. The fourth-order valence-corrected chi connectivity index (χ4v) is 1.89. The van der Waals surface area contributed by atoms with Crippen molar-refractivity contribution in [2.24, 2.45) is 0 Å². The zero-order valence-electron chi connectivity index (χ0n) is 11.9. The van der Waals surface area contributed by atoms with Gasteiger partial charge >= 0.3 is 0 Å². The van der Waals surface area contributed by atoms with E-state index in [1.807, 2.05) is 31.3 Å². The first-order valence-electron chi connectivity index (χ1n) is 6.79. The first-order valence-corrected chi connectivity index (χ1v) is 6.79. The van der Waals surface area contributed by atoms with Crippen molar-refractivity contribution in [3.8, 4) is 0 Å². The summed E-state index contributed by atoms with van der Waals surface area (Å²) >= 11 is 0. The van der Waals surface area contributed by atoms with Gasteiger partial charge in [-0.15, -0.1) is 0 Å². The molecule has 0 bridgehead atoms. The summed E-state index contributed by atoms with van der Waals surface area (Å²) < 4.78 is 4.98. The number of likely N-dealkylation sites (N-methyl/N-ethyl adjacent to an activating group) is 1. The van der Waals surface area contributed by atoms with Crippen LogP contribution in [-0.4, -0.2) is 39.8 Å². The molecule has 0 spiro atoms. The number of carbonyl (C=O) groups is 1. The number of benzene rings is 1. The summed E-state index contributed by atoms with van der Waals surface area (Å²) in [6, 6.07) is 7.77. The van der Waals surface area contributed by atoms with Crippen molar-refractivity contribution in [1.29, 1.82) is 0 Å². The summed E-state index contributed by atoms with van der Waals surface area (Å²) in [4.78, 5) is 12.1. The Morgan fingerprint density at radius 2 is 2.00 bits per heavy atom. The highest BCUT2D eigenvalue weighted by Crippen LogP contribution is 2.09.